The van der Waals surface area contributed by atoms with Crippen LogP contribution in [0.4, 0.5) is 0 Å². The minimum Gasteiger partial charge on any atom is -0.480 e. The third kappa shape index (κ3) is 4.20. The smallest absolute Gasteiger partial charge is 0.326 e. The van der Waals surface area contributed by atoms with E-state index >= 15 is 0 Å². The van der Waals surface area contributed by atoms with Crippen LogP contribution in [0.2, 0.25) is 0 Å². The lowest BCUT2D eigenvalue weighted by Crippen LogP contribution is -2.57. The SMILES string of the molecule is CC(C)(C)OCC(=O)N1CCCC(C)(C)C1C(=O)O. The van der Waals surface area contributed by atoms with Gasteiger partial charge in [-0.1, -0.05) is 13.8 Å². The van der Waals surface area contributed by atoms with Crippen molar-refractivity contribution in [1.29, 1.82) is 0 Å². The van der Waals surface area contributed by atoms with Crippen LogP contribution in [0.3, 0.4) is 0 Å². The molecule has 1 saturated heterocycles. The fourth-order valence-electron chi connectivity index (χ4n) is 2.49. The van der Waals surface area contributed by atoms with Crippen molar-refractivity contribution in [2.45, 2.75) is 59.1 Å². The van der Waals surface area contributed by atoms with E-state index in [1.165, 1.54) is 4.90 Å². The zero-order valence-corrected chi connectivity index (χ0v) is 12.5. The quantitative estimate of drug-likeness (QED) is 0.851. The first-order valence-corrected chi connectivity index (χ1v) is 6.71. The summed E-state index contributed by atoms with van der Waals surface area (Å²) in [5.41, 5.74) is -0.804. The van der Waals surface area contributed by atoms with Crippen molar-refractivity contribution in [3.63, 3.8) is 0 Å². The van der Waals surface area contributed by atoms with Crippen molar-refractivity contribution < 1.29 is 19.4 Å². The fourth-order valence-corrected chi connectivity index (χ4v) is 2.49. The number of nitrogens with zero attached hydrogens (tertiary/aromatic N) is 1. The molecule has 0 spiro atoms. The lowest BCUT2D eigenvalue weighted by Gasteiger charge is -2.44. The zero-order chi connectivity index (χ0) is 14.8. The summed E-state index contributed by atoms with van der Waals surface area (Å²) in [5.74, 6) is -1.18. The summed E-state index contributed by atoms with van der Waals surface area (Å²) in [6.45, 7) is 9.83. The van der Waals surface area contributed by atoms with Crippen molar-refractivity contribution in [2.75, 3.05) is 13.2 Å². The summed E-state index contributed by atoms with van der Waals surface area (Å²) in [7, 11) is 0. The van der Waals surface area contributed by atoms with Crippen molar-refractivity contribution in [3.05, 3.63) is 0 Å². The fraction of sp³-hybridized carbons (Fsp3) is 0.857. The first-order chi connectivity index (χ1) is 8.54. The molecule has 1 fully saturated rings. The van der Waals surface area contributed by atoms with E-state index < -0.39 is 23.0 Å². The Balaban J connectivity index is 2.79. The average molecular weight is 271 g/mol. The van der Waals surface area contributed by atoms with E-state index in [9.17, 15) is 14.7 Å². The van der Waals surface area contributed by atoms with Crippen molar-refractivity contribution in [1.82, 2.24) is 4.90 Å². The number of hydrogen-bond acceptors (Lipinski definition) is 3. The molecule has 1 amide bonds. The molecule has 1 rings (SSSR count). The Kier molecular flexibility index (Phi) is 4.61. The summed E-state index contributed by atoms with van der Waals surface area (Å²) >= 11 is 0. The van der Waals surface area contributed by atoms with Gasteiger partial charge in [-0.3, -0.25) is 4.79 Å². The molecule has 5 nitrogen and oxygen atoms in total. The highest BCUT2D eigenvalue weighted by Crippen LogP contribution is 2.35. The van der Waals surface area contributed by atoms with Crippen molar-refractivity contribution >= 4 is 11.9 Å². The maximum absolute atomic E-state index is 12.2. The van der Waals surface area contributed by atoms with Gasteiger partial charge in [0.15, 0.2) is 0 Å². The number of carboxylic acids is 1. The average Bonchev–Trinajstić information content (AvgIpc) is 2.22. The highest BCUT2D eigenvalue weighted by atomic mass is 16.5. The number of ether oxygens (including phenoxy) is 1. The lowest BCUT2D eigenvalue weighted by molar-refractivity contribution is -0.162. The van der Waals surface area contributed by atoms with Gasteiger partial charge in [0.2, 0.25) is 5.91 Å². The van der Waals surface area contributed by atoms with E-state index in [2.05, 4.69) is 0 Å². The monoisotopic (exact) mass is 271 g/mol. The van der Waals surface area contributed by atoms with Crippen molar-refractivity contribution in [2.24, 2.45) is 5.41 Å². The summed E-state index contributed by atoms with van der Waals surface area (Å²) in [6.07, 6.45) is 1.64. The van der Waals surface area contributed by atoms with Crippen LogP contribution in [-0.2, 0) is 14.3 Å². The second-order valence-corrected chi connectivity index (χ2v) is 6.82. The minimum absolute atomic E-state index is 0.0661. The molecule has 0 aliphatic carbocycles. The third-order valence-corrected chi connectivity index (χ3v) is 3.45. The van der Waals surface area contributed by atoms with E-state index in [-0.39, 0.29) is 12.5 Å². The third-order valence-electron chi connectivity index (χ3n) is 3.45. The van der Waals surface area contributed by atoms with Crippen LogP contribution in [0.5, 0.6) is 0 Å². The van der Waals surface area contributed by atoms with Crippen LogP contribution in [-0.4, -0.2) is 46.7 Å². The zero-order valence-electron chi connectivity index (χ0n) is 12.5. The normalized spacial score (nSPS) is 23.2. The Morgan fingerprint density at radius 2 is 1.95 bits per heavy atom. The van der Waals surface area contributed by atoms with Gasteiger partial charge >= 0.3 is 5.97 Å². The molecule has 0 saturated carbocycles. The molecular weight excluding hydrogens is 246 g/mol. The first kappa shape index (κ1) is 16.0. The number of piperidine rings is 1. The van der Waals surface area contributed by atoms with Crippen LogP contribution >= 0.6 is 0 Å². The predicted molar refractivity (Wildman–Crippen MR) is 71.9 cm³/mol. The Hall–Kier alpha value is -1.10. The Bertz CT molecular complexity index is 357. The van der Waals surface area contributed by atoms with Gasteiger partial charge in [-0.15, -0.1) is 0 Å². The van der Waals surface area contributed by atoms with Gasteiger partial charge in [0.25, 0.3) is 0 Å². The van der Waals surface area contributed by atoms with Crippen LogP contribution in [0.15, 0.2) is 0 Å². The molecule has 0 aromatic carbocycles. The minimum atomic E-state index is -0.936. The molecule has 110 valence electrons. The number of carbonyl (C=O) groups is 2. The number of aliphatic carboxylic acids is 1. The van der Waals surface area contributed by atoms with Gasteiger partial charge in [-0.2, -0.15) is 0 Å². The molecule has 1 aliphatic rings. The van der Waals surface area contributed by atoms with Crippen LogP contribution in [0.1, 0.15) is 47.5 Å². The molecule has 0 aromatic heterocycles. The van der Waals surface area contributed by atoms with E-state index in [4.69, 9.17) is 4.74 Å². The molecule has 1 aliphatic heterocycles. The highest BCUT2D eigenvalue weighted by Gasteiger charge is 2.44. The van der Waals surface area contributed by atoms with E-state index in [1.54, 1.807) is 0 Å². The molecule has 5 heteroatoms. The molecule has 1 N–H and O–H groups in total. The highest BCUT2D eigenvalue weighted by molar-refractivity contribution is 5.85. The number of carboxylic acid groups (broad SMARTS) is 1. The molecule has 1 atom stereocenters. The second kappa shape index (κ2) is 5.49. The number of hydrogen-bond donors (Lipinski definition) is 1. The van der Waals surface area contributed by atoms with Crippen LogP contribution in [0.25, 0.3) is 0 Å². The van der Waals surface area contributed by atoms with E-state index in [0.717, 1.165) is 12.8 Å². The topological polar surface area (TPSA) is 66.8 Å². The summed E-state index contributed by atoms with van der Waals surface area (Å²) in [4.78, 5) is 25.1. The van der Waals surface area contributed by atoms with Crippen molar-refractivity contribution in [3.8, 4) is 0 Å². The number of amides is 1. The summed E-state index contributed by atoms with van der Waals surface area (Å²) in [5, 5.41) is 9.39. The maximum Gasteiger partial charge on any atom is 0.326 e. The van der Waals surface area contributed by atoms with E-state index in [0.29, 0.717) is 6.54 Å². The standard InChI is InChI=1S/C14H25NO4/c1-13(2,3)19-9-10(16)15-8-6-7-14(4,5)11(15)12(17)18/h11H,6-9H2,1-5H3,(H,17,18). The van der Waals surface area contributed by atoms with Crippen LogP contribution in [0, 0.1) is 5.41 Å². The molecule has 0 bridgehead atoms. The molecule has 19 heavy (non-hydrogen) atoms. The van der Waals surface area contributed by atoms with Gasteiger partial charge in [0.05, 0.1) is 5.60 Å². The Morgan fingerprint density at radius 1 is 1.37 bits per heavy atom. The molecular formula is C14H25NO4. The van der Waals surface area contributed by atoms with Gasteiger partial charge in [0, 0.05) is 6.54 Å². The van der Waals surface area contributed by atoms with Gasteiger partial charge < -0.3 is 14.7 Å². The molecule has 1 unspecified atom stereocenters. The van der Waals surface area contributed by atoms with Gasteiger partial charge in [-0.25, -0.2) is 4.79 Å². The number of likely N-dealkylation sites (tertiary alicyclic amines) is 1. The lowest BCUT2D eigenvalue weighted by atomic mass is 9.76. The second-order valence-electron chi connectivity index (χ2n) is 6.82. The Morgan fingerprint density at radius 3 is 2.42 bits per heavy atom. The predicted octanol–water partition coefficient (Wildman–Crippen LogP) is 1.90. The van der Waals surface area contributed by atoms with E-state index in [1.807, 2.05) is 34.6 Å². The summed E-state index contributed by atoms with van der Waals surface area (Å²) < 4.78 is 5.46. The Labute approximate surface area is 114 Å². The van der Waals surface area contributed by atoms with Gasteiger partial charge in [-0.05, 0) is 39.0 Å². The first-order valence-electron chi connectivity index (χ1n) is 6.71. The molecule has 0 radical (unpaired) electrons. The van der Waals surface area contributed by atoms with Gasteiger partial charge in [0.1, 0.15) is 12.6 Å². The number of carbonyl (C=O) groups excluding carboxylic acids is 1. The molecule has 1 heterocycles. The maximum atomic E-state index is 12.2. The number of rotatable bonds is 3. The van der Waals surface area contributed by atoms with Crippen LogP contribution < -0.4 is 0 Å². The summed E-state index contributed by atoms with van der Waals surface area (Å²) in [6, 6.07) is -0.766. The molecule has 0 aromatic rings. The largest absolute Gasteiger partial charge is 0.480 e.